The Morgan fingerprint density at radius 1 is 1.14 bits per heavy atom. The van der Waals surface area contributed by atoms with E-state index in [1.165, 1.54) is 24.3 Å². The summed E-state index contributed by atoms with van der Waals surface area (Å²) in [5.74, 6) is 0.00164. The molecule has 1 aromatic heterocycles. The fourth-order valence-electron chi connectivity index (χ4n) is 2.40. The minimum atomic E-state index is -0.336. The second-order valence-electron chi connectivity index (χ2n) is 4.94. The minimum Gasteiger partial charge on any atom is -0.322 e. The van der Waals surface area contributed by atoms with E-state index in [1.807, 2.05) is 10.6 Å². The molecule has 0 aliphatic carbocycles. The second-order valence-corrected chi connectivity index (χ2v) is 5.59. The maximum atomic E-state index is 13.5. The van der Waals surface area contributed by atoms with Gasteiger partial charge in [-0.3, -0.25) is 0 Å². The van der Waals surface area contributed by atoms with Crippen LogP contribution in [0.4, 0.5) is 8.78 Å². The zero-order chi connectivity index (χ0) is 15.0. The van der Waals surface area contributed by atoms with Crippen molar-refractivity contribution in [2.75, 3.05) is 0 Å². The van der Waals surface area contributed by atoms with Gasteiger partial charge in [0.05, 0.1) is 16.4 Å². The van der Waals surface area contributed by atoms with Gasteiger partial charge in [0.1, 0.15) is 17.5 Å². The number of halogens is 3. The van der Waals surface area contributed by atoms with Crippen LogP contribution >= 0.6 is 11.6 Å². The first kappa shape index (κ1) is 14.0. The molecule has 0 N–H and O–H groups in total. The van der Waals surface area contributed by atoms with Gasteiger partial charge in [-0.05, 0) is 42.8 Å². The standard InChI is InChI=1S/C16H13ClF2N2/c1-10(17)16-20-14-6-5-13(19)8-15(14)21(16)9-11-3-2-4-12(18)7-11/h2-8,10H,9H2,1H3. The van der Waals surface area contributed by atoms with E-state index in [1.54, 1.807) is 19.1 Å². The third-order valence-corrected chi connectivity index (χ3v) is 3.52. The molecule has 0 saturated carbocycles. The van der Waals surface area contributed by atoms with Crippen LogP contribution in [0.15, 0.2) is 42.5 Å². The van der Waals surface area contributed by atoms with Crippen LogP contribution < -0.4 is 0 Å². The van der Waals surface area contributed by atoms with E-state index in [4.69, 9.17) is 11.6 Å². The zero-order valence-electron chi connectivity index (χ0n) is 11.4. The summed E-state index contributed by atoms with van der Waals surface area (Å²) in [5, 5.41) is -0.325. The number of hydrogen-bond donors (Lipinski definition) is 0. The molecule has 21 heavy (non-hydrogen) atoms. The van der Waals surface area contributed by atoms with E-state index in [0.29, 0.717) is 23.4 Å². The van der Waals surface area contributed by atoms with Gasteiger partial charge in [0, 0.05) is 6.54 Å². The molecule has 2 nitrogen and oxygen atoms in total. The van der Waals surface area contributed by atoms with Crippen LogP contribution in [0.3, 0.4) is 0 Å². The minimum absolute atomic E-state index is 0.302. The Labute approximate surface area is 126 Å². The first-order valence-corrected chi connectivity index (χ1v) is 7.02. The van der Waals surface area contributed by atoms with E-state index < -0.39 is 0 Å². The molecule has 2 aromatic carbocycles. The van der Waals surface area contributed by atoms with Gasteiger partial charge in [0.15, 0.2) is 0 Å². The van der Waals surface area contributed by atoms with Gasteiger partial charge in [-0.1, -0.05) is 12.1 Å². The molecule has 0 spiro atoms. The lowest BCUT2D eigenvalue weighted by atomic mass is 10.2. The van der Waals surface area contributed by atoms with Crippen molar-refractivity contribution in [3.63, 3.8) is 0 Å². The van der Waals surface area contributed by atoms with Crippen molar-refractivity contribution in [2.24, 2.45) is 0 Å². The Hall–Kier alpha value is -1.94. The number of imidazole rings is 1. The first-order valence-electron chi connectivity index (χ1n) is 6.59. The average Bonchev–Trinajstić information content (AvgIpc) is 2.77. The van der Waals surface area contributed by atoms with Gasteiger partial charge >= 0.3 is 0 Å². The number of aromatic nitrogens is 2. The van der Waals surface area contributed by atoms with Crippen molar-refractivity contribution in [1.82, 2.24) is 9.55 Å². The first-order chi connectivity index (χ1) is 10.0. The topological polar surface area (TPSA) is 17.8 Å². The van der Waals surface area contributed by atoms with E-state index in [0.717, 1.165) is 5.56 Å². The molecule has 3 aromatic rings. The normalized spacial score (nSPS) is 12.8. The molecular formula is C16H13ClF2N2. The van der Waals surface area contributed by atoms with Crippen LogP contribution in [0.25, 0.3) is 11.0 Å². The highest BCUT2D eigenvalue weighted by molar-refractivity contribution is 6.20. The molecule has 1 atom stereocenters. The third kappa shape index (κ3) is 2.76. The highest BCUT2D eigenvalue weighted by Gasteiger charge is 2.15. The molecule has 108 valence electrons. The molecule has 0 amide bonds. The number of nitrogens with zero attached hydrogens (tertiary/aromatic N) is 2. The van der Waals surface area contributed by atoms with Crippen LogP contribution in [-0.4, -0.2) is 9.55 Å². The quantitative estimate of drug-likeness (QED) is 0.643. The van der Waals surface area contributed by atoms with Crippen molar-refractivity contribution < 1.29 is 8.78 Å². The van der Waals surface area contributed by atoms with E-state index in [-0.39, 0.29) is 17.0 Å². The number of rotatable bonds is 3. The fourth-order valence-corrected chi connectivity index (χ4v) is 2.57. The Bertz CT molecular complexity index is 796. The SMILES string of the molecule is CC(Cl)c1nc2ccc(F)cc2n1Cc1cccc(F)c1. The average molecular weight is 307 g/mol. The monoisotopic (exact) mass is 306 g/mol. The van der Waals surface area contributed by atoms with Gasteiger partial charge in [-0.15, -0.1) is 11.6 Å². The maximum absolute atomic E-state index is 13.5. The van der Waals surface area contributed by atoms with Crippen molar-refractivity contribution in [2.45, 2.75) is 18.8 Å². The van der Waals surface area contributed by atoms with E-state index in [2.05, 4.69) is 4.98 Å². The Kier molecular flexibility index (Phi) is 3.64. The number of hydrogen-bond acceptors (Lipinski definition) is 1. The highest BCUT2D eigenvalue weighted by Crippen LogP contribution is 2.26. The number of benzene rings is 2. The number of alkyl halides is 1. The molecule has 1 unspecified atom stereocenters. The van der Waals surface area contributed by atoms with E-state index in [9.17, 15) is 8.78 Å². The summed E-state index contributed by atoms with van der Waals surface area (Å²) < 4.78 is 28.6. The molecule has 0 radical (unpaired) electrons. The van der Waals surface area contributed by atoms with Gasteiger partial charge in [-0.2, -0.15) is 0 Å². The van der Waals surface area contributed by atoms with Gasteiger partial charge in [-0.25, -0.2) is 13.8 Å². The Morgan fingerprint density at radius 2 is 1.90 bits per heavy atom. The van der Waals surface area contributed by atoms with Gasteiger partial charge in [0.2, 0.25) is 0 Å². The molecule has 5 heteroatoms. The molecule has 0 bridgehead atoms. The van der Waals surface area contributed by atoms with Crippen LogP contribution in [0, 0.1) is 11.6 Å². The smallest absolute Gasteiger partial charge is 0.128 e. The third-order valence-electron chi connectivity index (χ3n) is 3.33. The molecule has 1 heterocycles. The maximum Gasteiger partial charge on any atom is 0.128 e. The summed E-state index contributed by atoms with van der Waals surface area (Å²) in [6.45, 7) is 2.20. The van der Waals surface area contributed by atoms with Crippen LogP contribution in [-0.2, 0) is 6.54 Å². The summed E-state index contributed by atoms with van der Waals surface area (Å²) in [6, 6.07) is 10.7. The van der Waals surface area contributed by atoms with Crippen LogP contribution in [0.2, 0.25) is 0 Å². The van der Waals surface area contributed by atoms with Gasteiger partial charge in [0.25, 0.3) is 0 Å². The lowest BCUT2D eigenvalue weighted by Crippen LogP contribution is -2.06. The highest BCUT2D eigenvalue weighted by atomic mass is 35.5. The zero-order valence-corrected chi connectivity index (χ0v) is 12.1. The predicted molar refractivity (Wildman–Crippen MR) is 79.5 cm³/mol. The lowest BCUT2D eigenvalue weighted by molar-refractivity contribution is 0.621. The largest absolute Gasteiger partial charge is 0.322 e. The van der Waals surface area contributed by atoms with Crippen molar-refractivity contribution in [3.8, 4) is 0 Å². The molecular weight excluding hydrogens is 294 g/mol. The lowest BCUT2D eigenvalue weighted by Gasteiger charge is -2.11. The Balaban J connectivity index is 2.14. The molecule has 0 aliphatic heterocycles. The fraction of sp³-hybridized carbons (Fsp3) is 0.188. The van der Waals surface area contributed by atoms with Crippen molar-refractivity contribution >= 4 is 22.6 Å². The summed E-state index contributed by atoms with van der Waals surface area (Å²) in [7, 11) is 0. The summed E-state index contributed by atoms with van der Waals surface area (Å²) >= 11 is 6.17. The predicted octanol–water partition coefficient (Wildman–Crippen LogP) is 4.66. The van der Waals surface area contributed by atoms with Gasteiger partial charge < -0.3 is 4.57 Å². The summed E-state index contributed by atoms with van der Waals surface area (Å²) in [6.07, 6.45) is 0. The summed E-state index contributed by atoms with van der Waals surface area (Å²) in [5.41, 5.74) is 2.11. The van der Waals surface area contributed by atoms with Crippen LogP contribution in [0.1, 0.15) is 23.7 Å². The van der Waals surface area contributed by atoms with Crippen LogP contribution in [0.5, 0.6) is 0 Å². The molecule has 3 rings (SSSR count). The number of fused-ring (bicyclic) bond motifs is 1. The second kappa shape index (κ2) is 5.45. The summed E-state index contributed by atoms with van der Waals surface area (Å²) in [4.78, 5) is 4.44. The van der Waals surface area contributed by atoms with E-state index >= 15 is 0 Å². The Morgan fingerprint density at radius 3 is 2.62 bits per heavy atom. The van der Waals surface area contributed by atoms with Crippen molar-refractivity contribution in [3.05, 3.63) is 65.5 Å². The van der Waals surface area contributed by atoms with Crippen molar-refractivity contribution in [1.29, 1.82) is 0 Å². The molecule has 0 aliphatic rings. The molecule has 0 saturated heterocycles. The molecule has 0 fully saturated rings.